The topological polar surface area (TPSA) is 43.1 Å². The molecule has 0 saturated carbocycles. The minimum atomic E-state index is -0.450. The first-order chi connectivity index (χ1) is 6.33. The van der Waals surface area contributed by atoms with E-state index in [4.69, 9.17) is 5.73 Å². The number of carbonyl (C=O) groups excluding carboxylic acids is 1. The molecule has 1 aromatic carbocycles. The first-order valence-electron chi connectivity index (χ1n) is 4.22. The summed E-state index contributed by atoms with van der Waals surface area (Å²) < 4.78 is 0. The number of fused-ring (bicyclic) bond motifs is 1. The second-order valence-electron chi connectivity index (χ2n) is 3.14. The van der Waals surface area contributed by atoms with Crippen molar-refractivity contribution in [3.05, 3.63) is 34.9 Å². The third-order valence-electron chi connectivity index (χ3n) is 2.32. The molecule has 1 unspecified atom stereocenters. The monoisotopic (exact) mass is 193 g/mol. The molecule has 0 aromatic heterocycles. The highest BCUT2D eigenvalue weighted by Gasteiger charge is 2.17. The molecule has 2 nitrogen and oxygen atoms in total. The van der Waals surface area contributed by atoms with Crippen LogP contribution in [-0.4, -0.2) is 6.29 Å². The van der Waals surface area contributed by atoms with Crippen molar-refractivity contribution in [3.63, 3.8) is 0 Å². The zero-order valence-corrected chi connectivity index (χ0v) is 8.01. The van der Waals surface area contributed by atoms with E-state index in [9.17, 15) is 4.79 Å². The van der Waals surface area contributed by atoms with Crippen LogP contribution < -0.4 is 5.73 Å². The van der Waals surface area contributed by atoms with Crippen molar-refractivity contribution >= 4 is 18.0 Å². The SMILES string of the molecule is NC(C=O)c1cccc2c1CSC2. The predicted octanol–water partition coefficient (Wildman–Crippen LogP) is 1.63. The normalized spacial score (nSPS) is 16.7. The smallest absolute Gasteiger partial charge is 0.141 e. The first kappa shape index (κ1) is 8.78. The van der Waals surface area contributed by atoms with Crippen LogP contribution >= 0.6 is 11.8 Å². The lowest BCUT2D eigenvalue weighted by molar-refractivity contribution is -0.109. The quantitative estimate of drug-likeness (QED) is 0.726. The van der Waals surface area contributed by atoms with Gasteiger partial charge in [0.05, 0.1) is 6.04 Å². The Labute approximate surface area is 81.5 Å². The third kappa shape index (κ3) is 1.49. The molecule has 2 rings (SSSR count). The molecule has 0 radical (unpaired) electrons. The standard InChI is InChI=1S/C10H11NOS/c11-10(4-12)8-3-1-2-7-5-13-6-9(7)8/h1-4,10H,5-6,11H2. The van der Waals surface area contributed by atoms with E-state index in [1.165, 1.54) is 11.1 Å². The number of nitrogens with two attached hydrogens (primary N) is 1. The zero-order valence-electron chi connectivity index (χ0n) is 7.19. The van der Waals surface area contributed by atoms with Crippen molar-refractivity contribution in [2.45, 2.75) is 17.5 Å². The number of aldehydes is 1. The van der Waals surface area contributed by atoms with Crippen molar-refractivity contribution in [1.29, 1.82) is 0 Å². The number of hydrogen-bond donors (Lipinski definition) is 1. The van der Waals surface area contributed by atoms with E-state index in [-0.39, 0.29) is 0 Å². The van der Waals surface area contributed by atoms with Crippen molar-refractivity contribution in [2.24, 2.45) is 5.73 Å². The Hall–Kier alpha value is -0.800. The van der Waals surface area contributed by atoms with Gasteiger partial charge in [0.1, 0.15) is 6.29 Å². The second kappa shape index (κ2) is 3.52. The molecule has 3 heteroatoms. The Morgan fingerprint density at radius 3 is 3.08 bits per heavy atom. The van der Waals surface area contributed by atoms with E-state index < -0.39 is 6.04 Å². The molecule has 1 aromatic rings. The average Bonchev–Trinajstić information content (AvgIpc) is 2.63. The van der Waals surface area contributed by atoms with Crippen LogP contribution in [0.5, 0.6) is 0 Å². The summed E-state index contributed by atoms with van der Waals surface area (Å²) in [6.07, 6.45) is 0.804. The summed E-state index contributed by atoms with van der Waals surface area (Å²) in [5.74, 6) is 2.04. The molecule has 2 N–H and O–H groups in total. The Morgan fingerprint density at radius 1 is 1.46 bits per heavy atom. The molecule has 0 amide bonds. The van der Waals surface area contributed by atoms with Crippen LogP contribution in [0.4, 0.5) is 0 Å². The fourth-order valence-electron chi connectivity index (χ4n) is 1.61. The maximum Gasteiger partial charge on any atom is 0.141 e. The van der Waals surface area contributed by atoms with Crippen molar-refractivity contribution in [3.8, 4) is 0 Å². The highest BCUT2D eigenvalue weighted by Crippen LogP contribution is 2.33. The van der Waals surface area contributed by atoms with Gasteiger partial charge >= 0.3 is 0 Å². The van der Waals surface area contributed by atoms with Gasteiger partial charge in [-0.25, -0.2) is 0 Å². The Kier molecular flexibility index (Phi) is 2.38. The van der Waals surface area contributed by atoms with Crippen molar-refractivity contribution in [2.75, 3.05) is 0 Å². The van der Waals surface area contributed by atoms with Crippen LogP contribution in [0.2, 0.25) is 0 Å². The summed E-state index contributed by atoms with van der Waals surface area (Å²) in [6, 6.07) is 5.58. The molecule has 13 heavy (non-hydrogen) atoms. The number of rotatable bonds is 2. The fourth-order valence-corrected chi connectivity index (χ4v) is 2.76. The third-order valence-corrected chi connectivity index (χ3v) is 3.33. The molecule has 1 aliphatic rings. The van der Waals surface area contributed by atoms with Gasteiger partial charge in [0.15, 0.2) is 0 Å². The van der Waals surface area contributed by atoms with Crippen LogP contribution in [-0.2, 0) is 16.3 Å². The minimum absolute atomic E-state index is 0.450. The molecule has 1 aliphatic heterocycles. The van der Waals surface area contributed by atoms with Gasteiger partial charge in [-0.3, -0.25) is 0 Å². The zero-order chi connectivity index (χ0) is 9.26. The van der Waals surface area contributed by atoms with Gasteiger partial charge in [0.25, 0.3) is 0 Å². The van der Waals surface area contributed by atoms with Crippen LogP contribution in [0.15, 0.2) is 18.2 Å². The summed E-state index contributed by atoms with van der Waals surface area (Å²) in [5, 5.41) is 0. The molecule has 0 fully saturated rings. The molecule has 68 valence electrons. The Morgan fingerprint density at radius 2 is 2.31 bits per heavy atom. The van der Waals surface area contributed by atoms with E-state index in [2.05, 4.69) is 6.07 Å². The summed E-state index contributed by atoms with van der Waals surface area (Å²) in [6.45, 7) is 0. The van der Waals surface area contributed by atoms with Gasteiger partial charge in [-0.15, -0.1) is 0 Å². The van der Waals surface area contributed by atoms with E-state index in [0.717, 1.165) is 23.4 Å². The molecular formula is C10H11NOS. The number of carbonyl (C=O) groups is 1. The van der Waals surface area contributed by atoms with Crippen molar-refractivity contribution in [1.82, 2.24) is 0 Å². The van der Waals surface area contributed by atoms with Gasteiger partial charge < -0.3 is 10.5 Å². The van der Waals surface area contributed by atoms with E-state index in [1.54, 1.807) is 0 Å². The van der Waals surface area contributed by atoms with Gasteiger partial charge in [-0.2, -0.15) is 11.8 Å². The molecule has 0 aliphatic carbocycles. The molecule has 0 spiro atoms. The number of thioether (sulfide) groups is 1. The first-order valence-corrected chi connectivity index (χ1v) is 5.37. The summed E-state index contributed by atoms with van der Waals surface area (Å²) in [4.78, 5) is 10.6. The van der Waals surface area contributed by atoms with E-state index >= 15 is 0 Å². The lowest BCUT2D eigenvalue weighted by Crippen LogP contribution is -2.13. The summed E-state index contributed by atoms with van der Waals surface area (Å²) in [5.41, 5.74) is 9.29. The fraction of sp³-hybridized carbons (Fsp3) is 0.300. The van der Waals surface area contributed by atoms with Crippen LogP contribution in [0.25, 0.3) is 0 Å². The molecule has 1 atom stereocenters. The maximum atomic E-state index is 10.6. The van der Waals surface area contributed by atoms with Crippen LogP contribution in [0.3, 0.4) is 0 Å². The molecule has 0 saturated heterocycles. The average molecular weight is 193 g/mol. The van der Waals surface area contributed by atoms with Gasteiger partial charge in [0.2, 0.25) is 0 Å². The van der Waals surface area contributed by atoms with E-state index in [0.29, 0.717) is 0 Å². The highest BCUT2D eigenvalue weighted by molar-refractivity contribution is 7.98. The van der Waals surface area contributed by atoms with Gasteiger partial charge in [-0.05, 0) is 16.7 Å². The maximum absolute atomic E-state index is 10.6. The molecule has 1 heterocycles. The lowest BCUT2D eigenvalue weighted by atomic mass is 9.99. The van der Waals surface area contributed by atoms with Gasteiger partial charge in [0, 0.05) is 11.5 Å². The Balaban J connectivity index is 2.46. The predicted molar refractivity (Wildman–Crippen MR) is 54.4 cm³/mol. The van der Waals surface area contributed by atoms with E-state index in [1.807, 2.05) is 23.9 Å². The lowest BCUT2D eigenvalue weighted by Gasteiger charge is -2.09. The van der Waals surface area contributed by atoms with Crippen LogP contribution in [0, 0.1) is 0 Å². The largest absolute Gasteiger partial charge is 0.318 e. The van der Waals surface area contributed by atoms with Crippen molar-refractivity contribution < 1.29 is 4.79 Å². The summed E-state index contributed by atoms with van der Waals surface area (Å²) in [7, 11) is 0. The van der Waals surface area contributed by atoms with Crippen LogP contribution in [0.1, 0.15) is 22.7 Å². The Bertz CT molecular complexity index is 338. The van der Waals surface area contributed by atoms with Gasteiger partial charge in [-0.1, -0.05) is 18.2 Å². The highest BCUT2D eigenvalue weighted by atomic mass is 32.2. The number of hydrogen-bond acceptors (Lipinski definition) is 3. The minimum Gasteiger partial charge on any atom is -0.318 e. The summed E-state index contributed by atoms with van der Waals surface area (Å²) >= 11 is 1.87. The second-order valence-corrected chi connectivity index (χ2v) is 4.13. The molecule has 0 bridgehead atoms. The number of benzene rings is 1. The molecular weight excluding hydrogens is 182 g/mol.